The van der Waals surface area contributed by atoms with Crippen LogP contribution in [0.3, 0.4) is 0 Å². The molecule has 3 heterocycles. The molecule has 27 heavy (non-hydrogen) atoms. The van der Waals surface area contributed by atoms with Gasteiger partial charge in [-0.3, -0.25) is 0 Å². The Morgan fingerprint density at radius 1 is 1.22 bits per heavy atom. The molecule has 2 aromatic rings. The minimum Gasteiger partial charge on any atom is -0.459 e. The van der Waals surface area contributed by atoms with Crippen molar-refractivity contribution in [3.05, 3.63) is 40.5 Å². The predicted molar refractivity (Wildman–Crippen MR) is 109 cm³/mol. The molecule has 2 saturated heterocycles. The normalized spacial score (nSPS) is 25.1. The summed E-state index contributed by atoms with van der Waals surface area (Å²) in [6.07, 6.45) is 2.35. The SMILES string of the molecule is CC(C)[C@H](C#Cc1ccc(Cl)cc1)Oc1nsnc1[C@H]1CN2CCC[C@H]1C2. The van der Waals surface area contributed by atoms with E-state index in [0.717, 1.165) is 17.8 Å². The van der Waals surface area contributed by atoms with Crippen LogP contribution >= 0.6 is 23.3 Å². The fourth-order valence-electron chi connectivity index (χ4n) is 3.96. The average Bonchev–Trinajstić information content (AvgIpc) is 3.23. The van der Waals surface area contributed by atoms with Crippen molar-refractivity contribution in [2.45, 2.75) is 38.7 Å². The summed E-state index contributed by atoms with van der Waals surface area (Å²) in [5.41, 5.74) is 1.97. The zero-order valence-electron chi connectivity index (χ0n) is 15.7. The molecule has 2 bridgehead atoms. The molecule has 4 rings (SSSR count). The third-order valence-electron chi connectivity index (χ3n) is 5.45. The van der Waals surface area contributed by atoms with Crippen LogP contribution in [0, 0.1) is 23.7 Å². The Morgan fingerprint density at radius 3 is 2.78 bits per heavy atom. The second-order valence-electron chi connectivity index (χ2n) is 7.78. The van der Waals surface area contributed by atoms with Gasteiger partial charge in [-0.1, -0.05) is 37.3 Å². The van der Waals surface area contributed by atoms with Crippen LogP contribution in [-0.4, -0.2) is 39.4 Å². The molecule has 2 aliphatic rings. The van der Waals surface area contributed by atoms with Crippen molar-refractivity contribution >= 4 is 23.3 Å². The molecule has 0 aliphatic carbocycles. The van der Waals surface area contributed by atoms with Gasteiger partial charge < -0.3 is 9.64 Å². The van der Waals surface area contributed by atoms with E-state index in [9.17, 15) is 0 Å². The summed E-state index contributed by atoms with van der Waals surface area (Å²) in [6.45, 7) is 7.71. The van der Waals surface area contributed by atoms with E-state index < -0.39 is 0 Å². The van der Waals surface area contributed by atoms with Crippen molar-refractivity contribution in [2.24, 2.45) is 11.8 Å². The van der Waals surface area contributed by atoms with Gasteiger partial charge in [0.15, 0.2) is 6.10 Å². The van der Waals surface area contributed by atoms with Gasteiger partial charge in [0.25, 0.3) is 5.88 Å². The van der Waals surface area contributed by atoms with Gasteiger partial charge in [-0.05, 0) is 49.6 Å². The van der Waals surface area contributed by atoms with Gasteiger partial charge in [-0.2, -0.15) is 4.37 Å². The van der Waals surface area contributed by atoms with E-state index in [-0.39, 0.29) is 12.0 Å². The Hall–Kier alpha value is -1.61. The van der Waals surface area contributed by atoms with Gasteiger partial charge in [-0.15, -0.1) is 4.37 Å². The predicted octanol–water partition coefficient (Wildman–Crippen LogP) is 4.46. The molecule has 2 fully saturated rings. The first-order valence-electron chi connectivity index (χ1n) is 9.58. The number of rotatable bonds is 4. The molecule has 4 nitrogen and oxygen atoms in total. The van der Waals surface area contributed by atoms with Gasteiger partial charge in [0, 0.05) is 35.5 Å². The molecule has 0 spiro atoms. The van der Waals surface area contributed by atoms with E-state index in [0.29, 0.717) is 22.7 Å². The summed E-state index contributed by atoms with van der Waals surface area (Å²) >= 11 is 7.20. The van der Waals surface area contributed by atoms with Crippen LogP contribution in [0.1, 0.15) is 43.9 Å². The minimum absolute atomic E-state index is 0.218. The molecular formula is C21H24ClN3OS. The topological polar surface area (TPSA) is 38.3 Å². The van der Waals surface area contributed by atoms with Gasteiger partial charge >= 0.3 is 0 Å². The van der Waals surface area contributed by atoms with Gasteiger partial charge in [0.05, 0.1) is 11.7 Å². The standard InChI is InChI=1S/C21H24ClN3OS/c1-14(2)19(10-7-15-5-8-17(22)9-6-15)26-21-20(23-27-24-21)18-13-25-11-3-4-16(18)12-25/h5-6,8-9,14,16,18-19H,3-4,11-13H2,1-2H3/t16-,18-,19-/m0/s1. The molecule has 0 radical (unpaired) electrons. The highest BCUT2D eigenvalue weighted by atomic mass is 35.5. The lowest BCUT2D eigenvalue weighted by Gasteiger charge is -2.22. The quantitative estimate of drug-likeness (QED) is 0.709. The molecule has 2 aliphatic heterocycles. The molecule has 1 unspecified atom stereocenters. The lowest BCUT2D eigenvalue weighted by Crippen LogP contribution is -2.25. The Balaban J connectivity index is 1.52. The number of hydrogen-bond acceptors (Lipinski definition) is 5. The Kier molecular flexibility index (Phi) is 5.68. The highest BCUT2D eigenvalue weighted by Crippen LogP contribution is 2.41. The van der Waals surface area contributed by atoms with Crippen LogP contribution in [0.15, 0.2) is 24.3 Å². The van der Waals surface area contributed by atoms with E-state index in [1.54, 1.807) is 0 Å². The minimum atomic E-state index is -0.218. The Labute approximate surface area is 170 Å². The van der Waals surface area contributed by atoms with Crippen LogP contribution in [-0.2, 0) is 0 Å². The van der Waals surface area contributed by atoms with Crippen LogP contribution < -0.4 is 4.74 Å². The number of halogens is 1. The second kappa shape index (κ2) is 8.18. The first-order chi connectivity index (χ1) is 13.1. The van der Waals surface area contributed by atoms with E-state index in [4.69, 9.17) is 16.3 Å². The fourth-order valence-corrected chi connectivity index (χ4v) is 4.64. The molecule has 4 atom stereocenters. The van der Waals surface area contributed by atoms with Crippen LogP contribution in [0.25, 0.3) is 0 Å². The van der Waals surface area contributed by atoms with Crippen molar-refractivity contribution < 1.29 is 4.74 Å². The number of hydrogen-bond donors (Lipinski definition) is 0. The summed E-state index contributed by atoms with van der Waals surface area (Å²) in [4.78, 5) is 2.54. The highest BCUT2D eigenvalue weighted by Gasteiger charge is 2.39. The van der Waals surface area contributed by atoms with Crippen molar-refractivity contribution in [1.82, 2.24) is 13.6 Å². The number of nitrogens with zero attached hydrogens (tertiary/aromatic N) is 3. The fraction of sp³-hybridized carbons (Fsp3) is 0.524. The lowest BCUT2D eigenvalue weighted by molar-refractivity contribution is 0.196. The van der Waals surface area contributed by atoms with Crippen molar-refractivity contribution in [1.29, 1.82) is 0 Å². The molecule has 0 saturated carbocycles. The molecule has 0 N–H and O–H groups in total. The molecule has 1 aromatic carbocycles. The third-order valence-corrected chi connectivity index (χ3v) is 6.22. The first kappa shape index (κ1) is 18.7. The summed E-state index contributed by atoms with van der Waals surface area (Å²) in [7, 11) is 0. The maximum atomic E-state index is 6.27. The maximum absolute atomic E-state index is 6.27. The number of piperidine rings is 1. The zero-order chi connectivity index (χ0) is 18.8. The van der Waals surface area contributed by atoms with Gasteiger partial charge in [-0.25, -0.2) is 0 Å². The number of fused-ring (bicyclic) bond motifs is 2. The molecule has 6 heteroatoms. The molecule has 142 valence electrons. The monoisotopic (exact) mass is 401 g/mol. The second-order valence-corrected chi connectivity index (χ2v) is 8.75. The summed E-state index contributed by atoms with van der Waals surface area (Å²) < 4.78 is 15.4. The molecule has 1 aromatic heterocycles. The smallest absolute Gasteiger partial charge is 0.250 e. The zero-order valence-corrected chi connectivity index (χ0v) is 17.3. The number of aromatic nitrogens is 2. The van der Waals surface area contributed by atoms with E-state index in [2.05, 4.69) is 39.3 Å². The van der Waals surface area contributed by atoms with Crippen LogP contribution in [0.4, 0.5) is 0 Å². The Bertz CT molecular complexity index is 839. The van der Waals surface area contributed by atoms with Crippen molar-refractivity contribution in [2.75, 3.05) is 19.6 Å². The summed E-state index contributed by atoms with van der Waals surface area (Å²) in [5.74, 6) is 8.54. The van der Waals surface area contributed by atoms with Crippen LogP contribution in [0.2, 0.25) is 5.02 Å². The van der Waals surface area contributed by atoms with Crippen molar-refractivity contribution in [3.8, 4) is 17.7 Å². The summed E-state index contributed by atoms with van der Waals surface area (Å²) in [5, 5.41) is 0.716. The third kappa shape index (κ3) is 4.29. The highest BCUT2D eigenvalue weighted by molar-refractivity contribution is 6.99. The largest absolute Gasteiger partial charge is 0.459 e. The lowest BCUT2D eigenvalue weighted by atomic mass is 9.89. The average molecular weight is 402 g/mol. The molecule has 0 amide bonds. The summed E-state index contributed by atoms with van der Waals surface area (Å²) in [6, 6.07) is 7.56. The number of benzene rings is 1. The maximum Gasteiger partial charge on any atom is 0.250 e. The van der Waals surface area contributed by atoms with E-state index in [1.807, 2.05) is 24.3 Å². The first-order valence-corrected chi connectivity index (χ1v) is 10.7. The van der Waals surface area contributed by atoms with Gasteiger partial charge in [0.2, 0.25) is 0 Å². The molecular weight excluding hydrogens is 378 g/mol. The van der Waals surface area contributed by atoms with Crippen LogP contribution in [0.5, 0.6) is 5.88 Å². The van der Waals surface area contributed by atoms with Gasteiger partial charge in [0.1, 0.15) is 5.69 Å². The van der Waals surface area contributed by atoms with E-state index >= 15 is 0 Å². The van der Waals surface area contributed by atoms with E-state index in [1.165, 1.54) is 37.7 Å². The Morgan fingerprint density at radius 2 is 2.04 bits per heavy atom. The van der Waals surface area contributed by atoms with Crippen molar-refractivity contribution in [3.63, 3.8) is 0 Å². The number of ether oxygens (including phenoxy) is 1.